The van der Waals surface area contributed by atoms with Crippen LogP contribution in [0.3, 0.4) is 0 Å². The highest BCUT2D eigenvalue weighted by Crippen LogP contribution is 2.23. The van der Waals surface area contributed by atoms with E-state index in [4.69, 9.17) is 4.52 Å². The molecule has 5 nitrogen and oxygen atoms in total. The molecule has 138 valence electrons. The molecule has 1 aromatic heterocycles. The minimum absolute atomic E-state index is 0.0226. The maximum absolute atomic E-state index is 12.5. The van der Waals surface area contributed by atoms with Crippen LogP contribution in [0.1, 0.15) is 76.2 Å². The third-order valence-electron chi connectivity index (χ3n) is 4.79. The Morgan fingerprint density at radius 2 is 1.83 bits per heavy atom. The van der Waals surface area contributed by atoms with Crippen molar-refractivity contribution in [1.29, 1.82) is 0 Å². The molecule has 0 aliphatic rings. The van der Waals surface area contributed by atoms with Gasteiger partial charge in [-0.25, -0.2) is 0 Å². The summed E-state index contributed by atoms with van der Waals surface area (Å²) in [5.41, 5.74) is 1.23. The van der Waals surface area contributed by atoms with Crippen molar-refractivity contribution in [3.8, 4) is 0 Å². The van der Waals surface area contributed by atoms with E-state index < -0.39 is 0 Å². The van der Waals surface area contributed by atoms with E-state index in [9.17, 15) is 4.79 Å². The van der Waals surface area contributed by atoms with Crippen molar-refractivity contribution in [1.82, 2.24) is 15.4 Å². The third-order valence-corrected chi connectivity index (χ3v) is 4.79. The smallest absolute Gasteiger partial charge is 0.273 e. The number of hydrogen-bond acceptors (Lipinski definition) is 4. The van der Waals surface area contributed by atoms with Crippen molar-refractivity contribution in [3.05, 3.63) is 17.0 Å². The molecule has 0 bridgehead atoms. The second-order valence-electron chi connectivity index (χ2n) is 7.39. The fraction of sp³-hybridized carbons (Fsp3) is 0.789. The fourth-order valence-electron chi connectivity index (χ4n) is 2.99. The van der Waals surface area contributed by atoms with Crippen LogP contribution in [0.2, 0.25) is 0 Å². The van der Waals surface area contributed by atoms with Crippen LogP contribution in [-0.4, -0.2) is 41.6 Å². The third kappa shape index (κ3) is 5.33. The van der Waals surface area contributed by atoms with Crippen molar-refractivity contribution < 1.29 is 9.32 Å². The summed E-state index contributed by atoms with van der Waals surface area (Å²) in [7, 11) is 0. The van der Waals surface area contributed by atoms with Gasteiger partial charge in [0, 0.05) is 24.6 Å². The van der Waals surface area contributed by atoms with Gasteiger partial charge in [-0.15, -0.1) is 0 Å². The van der Waals surface area contributed by atoms with Crippen molar-refractivity contribution in [2.75, 3.05) is 19.6 Å². The SMILES string of the molecule is CCCN(CCC)CC(C)(C)C(C)NC(=O)c1noc(CC)c1C. The monoisotopic (exact) mass is 337 g/mol. The lowest BCUT2D eigenvalue weighted by atomic mass is 9.84. The Morgan fingerprint density at radius 1 is 1.25 bits per heavy atom. The van der Waals surface area contributed by atoms with E-state index in [-0.39, 0.29) is 17.4 Å². The van der Waals surface area contributed by atoms with Gasteiger partial charge in [-0.2, -0.15) is 0 Å². The van der Waals surface area contributed by atoms with Crippen LogP contribution < -0.4 is 5.32 Å². The van der Waals surface area contributed by atoms with E-state index in [0.717, 1.165) is 50.2 Å². The molecule has 1 N–H and O–H groups in total. The molecule has 0 saturated heterocycles. The standard InChI is InChI=1S/C19H35N3O2/c1-8-11-22(12-9-2)13-19(6,7)15(5)20-18(23)17-14(4)16(10-3)24-21-17/h15H,8-13H2,1-7H3,(H,20,23). The molecule has 1 unspecified atom stereocenters. The molecular weight excluding hydrogens is 302 g/mol. The van der Waals surface area contributed by atoms with Gasteiger partial charge in [-0.1, -0.05) is 39.8 Å². The number of carbonyl (C=O) groups is 1. The van der Waals surface area contributed by atoms with Crippen LogP contribution in [0.4, 0.5) is 0 Å². The molecule has 5 heteroatoms. The van der Waals surface area contributed by atoms with E-state index in [0.29, 0.717) is 5.69 Å². The number of aryl methyl sites for hydroxylation is 1. The first-order chi connectivity index (χ1) is 11.3. The van der Waals surface area contributed by atoms with Crippen LogP contribution in [0.15, 0.2) is 4.52 Å². The van der Waals surface area contributed by atoms with Crippen molar-refractivity contribution in [3.63, 3.8) is 0 Å². The Balaban J connectivity index is 2.74. The van der Waals surface area contributed by atoms with Gasteiger partial charge in [-0.3, -0.25) is 4.79 Å². The Kier molecular flexibility index (Phi) is 7.94. The first-order valence-corrected chi connectivity index (χ1v) is 9.25. The summed E-state index contributed by atoms with van der Waals surface area (Å²) in [5.74, 6) is 0.637. The second-order valence-corrected chi connectivity index (χ2v) is 7.39. The summed E-state index contributed by atoms with van der Waals surface area (Å²) in [6.45, 7) is 18.0. The highest BCUT2D eigenvalue weighted by atomic mass is 16.5. The average molecular weight is 338 g/mol. The molecular formula is C19H35N3O2. The van der Waals surface area contributed by atoms with Gasteiger partial charge in [0.1, 0.15) is 5.76 Å². The quantitative estimate of drug-likeness (QED) is 0.705. The average Bonchev–Trinajstić information content (AvgIpc) is 2.88. The minimum Gasteiger partial charge on any atom is -0.360 e. The molecule has 0 saturated carbocycles. The maximum atomic E-state index is 12.5. The highest BCUT2D eigenvalue weighted by molar-refractivity contribution is 5.93. The van der Waals surface area contributed by atoms with Crippen molar-refractivity contribution >= 4 is 5.91 Å². The van der Waals surface area contributed by atoms with Crippen LogP contribution in [-0.2, 0) is 6.42 Å². The molecule has 1 rings (SSSR count). The lowest BCUT2D eigenvalue weighted by molar-refractivity contribution is 0.0855. The molecule has 0 aromatic carbocycles. The summed E-state index contributed by atoms with van der Waals surface area (Å²) in [4.78, 5) is 15.0. The van der Waals surface area contributed by atoms with Gasteiger partial charge in [0.2, 0.25) is 0 Å². The maximum Gasteiger partial charge on any atom is 0.273 e. The zero-order chi connectivity index (χ0) is 18.3. The zero-order valence-corrected chi connectivity index (χ0v) is 16.5. The normalized spacial score (nSPS) is 13.3. The molecule has 0 fully saturated rings. The number of nitrogens with zero attached hydrogens (tertiary/aromatic N) is 2. The fourth-order valence-corrected chi connectivity index (χ4v) is 2.99. The zero-order valence-electron chi connectivity index (χ0n) is 16.5. The number of rotatable bonds is 10. The predicted molar refractivity (Wildman–Crippen MR) is 98.3 cm³/mol. The van der Waals surface area contributed by atoms with Crippen LogP contribution in [0, 0.1) is 12.3 Å². The van der Waals surface area contributed by atoms with Gasteiger partial charge < -0.3 is 14.7 Å². The molecule has 1 aromatic rings. The Bertz CT molecular complexity index is 517. The van der Waals surface area contributed by atoms with Gasteiger partial charge in [0.25, 0.3) is 5.91 Å². The molecule has 1 atom stereocenters. The molecule has 24 heavy (non-hydrogen) atoms. The molecule has 0 radical (unpaired) electrons. The summed E-state index contributed by atoms with van der Waals surface area (Å²) < 4.78 is 5.24. The molecule has 1 heterocycles. The summed E-state index contributed by atoms with van der Waals surface area (Å²) in [6, 6.07) is 0.0439. The van der Waals surface area contributed by atoms with Gasteiger partial charge in [0.15, 0.2) is 5.69 Å². The number of hydrogen-bond donors (Lipinski definition) is 1. The van der Waals surface area contributed by atoms with Crippen molar-refractivity contribution in [2.24, 2.45) is 5.41 Å². The summed E-state index contributed by atoms with van der Waals surface area (Å²) >= 11 is 0. The first kappa shape index (κ1) is 20.7. The summed E-state index contributed by atoms with van der Waals surface area (Å²) in [6.07, 6.45) is 3.04. The molecule has 0 aliphatic heterocycles. The largest absolute Gasteiger partial charge is 0.360 e. The van der Waals surface area contributed by atoms with Crippen LogP contribution >= 0.6 is 0 Å². The number of aromatic nitrogens is 1. The lowest BCUT2D eigenvalue weighted by Gasteiger charge is -2.37. The second kappa shape index (κ2) is 9.21. The van der Waals surface area contributed by atoms with Gasteiger partial charge in [0.05, 0.1) is 0 Å². The van der Waals surface area contributed by atoms with E-state index in [1.807, 2.05) is 13.8 Å². The molecule has 0 aliphatic carbocycles. The van der Waals surface area contributed by atoms with Crippen LogP contribution in [0.5, 0.6) is 0 Å². The van der Waals surface area contributed by atoms with E-state index in [1.165, 1.54) is 0 Å². The number of nitrogens with one attached hydrogen (secondary N) is 1. The van der Waals surface area contributed by atoms with E-state index in [2.05, 4.69) is 50.0 Å². The van der Waals surface area contributed by atoms with Gasteiger partial charge in [-0.05, 0) is 45.2 Å². The summed E-state index contributed by atoms with van der Waals surface area (Å²) in [5, 5.41) is 7.06. The molecule has 0 spiro atoms. The van der Waals surface area contributed by atoms with Crippen LogP contribution in [0.25, 0.3) is 0 Å². The minimum atomic E-state index is -0.144. The molecule has 1 amide bonds. The van der Waals surface area contributed by atoms with Crippen molar-refractivity contribution in [2.45, 2.75) is 73.8 Å². The topological polar surface area (TPSA) is 58.4 Å². The number of amides is 1. The van der Waals surface area contributed by atoms with E-state index in [1.54, 1.807) is 0 Å². The first-order valence-electron chi connectivity index (χ1n) is 9.25. The number of carbonyl (C=O) groups excluding carboxylic acids is 1. The Morgan fingerprint density at radius 3 is 2.29 bits per heavy atom. The Hall–Kier alpha value is -1.36. The predicted octanol–water partition coefficient (Wildman–Crippen LogP) is 3.81. The lowest BCUT2D eigenvalue weighted by Crippen LogP contribution is -2.49. The van der Waals surface area contributed by atoms with Gasteiger partial charge >= 0.3 is 0 Å². The Labute approximate surface area is 147 Å². The van der Waals surface area contributed by atoms with E-state index >= 15 is 0 Å². The highest BCUT2D eigenvalue weighted by Gasteiger charge is 2.30.